The standard InChI is InChI=1S/C26H25FN6O4/c1-26(2)14-18-20(11-15(12-21(18)37-26)24(34)28-22-7-9-32(3)30-22)36-16-5-6-17(19(27)13-16)25(35)29-23-8-10-33(4)31-23/h5-13H,14H2,1-4H3,(H,28,30,34)(H,29,31,35). The van der Waals surface area contributed by atoms with Gasteiger partial charge in [-0.3, -0.25) is 19.0 Å². The van der Waals surface area contributed by atoms with Gasteiger partial charge in [-0.25, -0.2) is 4.39 Å². The molecule has 1 aliphatic heterocycles. The minimum absolute atomic E-state index is 0.156. The number of fused-ring (bicyclic) bond motifs is 1. The number of nitrogens with one attached hydrogen (secondary N) is 2. The summed E-state index contributed by atoms with van der Waals surface area (Å²) in [5.74, 6) is -0.0342. The van der Waals surface area contributed by atoms with Crippen LogP contribution in [0.3, 0.4) is 0 Å². The Morgan fingerprint density at radius 3 is 2.22 bits per heavy atom. The third-order valence-corrected chi connectivity index (χ3v) is 5.74. The molecule has 1 aliphatic rings. The second-order valence-electron chi connectivity index (χ2n) is 9.39. The van der Waals surface area contributed by atoms with Crippen molar-refractivity contribution in [3.05, 3.63) is 77.4 Å². The number of aryl methyl sites for hydroxylation is 2. The number of carbonyl (C=O) groups excluding carboxylic acids is 2. The average molecular weight is 505 g/mol. The second kappa shape index (κ2) is 9.08. The second-order valence-corrected chi connectivity index (χ2v) is 9.39. The van der Waals surface area contributed by atoms with E-state index in [0.29, 0.717) is 35.1 Å². The number of rotatable bonds is 6. The van der Waals surface area contributed by atoms with Gasteiger partial charge in [0.2, 0.25) is 0 Å². The molecule has 3 heterocycles. The van der Waals surface area contributed by atoms with E-state index in [1.165, 1.54) is 16.8 Å². The molecule has 2 amide bonds. The zero-order valence-corrected chi connectivity index (χ0v) is 20.7. The van der Waals surface area contributed by atoms with Crippen LogP contribution < -0.4 is 20.1 Å². The van der Waals surface area contributed by atoms with E-state index in [4.69, 9.17) is 9.47 Å². The lowest BCUT2D eigenvalue weighted by molar-refractivity contribution is 0.101. The average Bonchev–Trinajstić information content (AvgIpc) is 3.50. The van der Waals surface area contributed by atoms with E-state index in [0.717, 1.165) is 11.6 Å². The van der Waals surface area contributed by atoms with Crippen LogP contribution in [0.15, 0.2) is 54.9 Å². The van der Waals surface area contributed by atoms with Gasteiger partial charge in [-0.15, -0.1) is 0 Å². The van der Waals surface area contributed by atoms with Gasteiger partial charge < -0.3 is 20.1 Å². The summed E-state index contributed by atoms with van der Waals surface area (Å²) in [7, 11) is 3.46. The van der Waals surface area contributed by atoms with Crippen LogP contribution >= 0.6 is 0 Å². The summed E-state index contributed by atoms with van der Waals surface area (Å²) in [6.07, 6.45) is 3.91. The Morgan fingerprint density at radius 2 is 1.62 bits per heavy atom. The summed E-state index contributed by atoms with van der Waals surface area (Å²) in [5, 5.41) is 13.5. The monoisotopic (exact) mass is 504 g/mol. The maximum atomic E-state index is 14.9. The number of halogens is 1. The van der Waals surface area contributed by atoms with Crippen LogP contribution in [-0.2, 0) is 20.5 Å². The molecule has 0 atom stereocenters. The number of ether oxygens (including phenoxy) is 2. The summed E-state index contributed by atoms with van der Waals surface area (Å²) in [6, 6.07) is 10.5. The fourth-order valence-corrected chi connectivity index (χ4v) is 4.07. The molecule has 0 saturated carbocycles. The highest BCUT2D eigenvalue weighted by atomic mass is 19.1. The zero-order valence-electron chi connectivity index (χ0n) is 20.7. The third-order valence-electron chi connectivity index (χ3n) is 5.74. The Labute approximate surface area is 212 Å². The normalized spacial score (nSPS) is 13.5. The van der Waals surface area contributed by atoms with E-state index in [1.807, 2.05) is 13.8 Å². The fraction of sp³-hybridized carbons (Fsp3) is 0.231. The molecule has 0 spiro atoms. The van der Waals surface area contributed by atoms with Crippen molar-refractivity contribution in [2.24, 2.45) is 14.1 Å². The SMILES string of the molecule is Cn1ccc(NC(=O)c2cc(Oc3ccc(C(=O)Nc4ccn(C)n4)c(F)c3)c3c(c2)OC(C)(C)C3)n1. The maximum absolute atomic E-state index is 14.9. The van der Waals surface area contributed by atoms with Crippen LogP contribution in [-0.4, -0.2) is 37.0 Å². The van der Waals surface area contributed by atoms with E-state index >= 15 is 0 Å². The minimum atomic E-state index is -0.761. The Bertz CT molecular complexity index is 1520. The Hall–Kier alpha value is -4.67. The molecule has 37 heavy (non-hydrogen) atoms. The van der Waals surface area contributed by atoms with Gasteiger partial charge in [0.15, 0.2) is 11.6 Å². The highest BCUT2D eigenvalue weighted by Gasteiger charge is 2.34. The first-order chi connectivity index (χ1) is 17.6. The van der Waals surface area contributed by atoms with Crippen molar-refractivity contribution >= 4 is 23.5 Å². The molecule has 0 radical (unpaired) electrons. The fourth-order valence-electron chi connectivity index (χ4n) is 4.07. The van der Waals surface area contributed by atoms with E-state index in [1.54, 1.807) is 55.4 Å². The van der Waals surface area contributed by atoms with Crippen molar-refractivity contribution in [3.8, 4) is 17.2 Å². The van der Waals surface area contributed by atoms with Gasteiger partial charge in [0.25, 0.3) is 11.8 Å². The molecule has 4 aromatic rings. The Morgan fingerprint density at radius 1 is 0.973 bits per heavy atom. The first-order valence-electron chi connectivity index (χ1n) is 11.5. The van der Waals surface area contributed by atoms with Crippen LogP contribution in [0, 0.1) is 5.82 Å². The number of benzene rings is 2. The topological polar surface area (TPSA) is 112 Å². The van der Waals surface area contributed by atoms with Gasteiger partial charge in [-0.1, -0.05) is 0 Å². The molecule has 5 rings (SSSR count). The Balaban J connectivity index is 1.40. The molecular weight excluding hydrogens is 479 g/mol. The van der Waals surface area contributed by atoms with Gasteiger partial charge in [0.1, 0.15) is 28.7 Å². The Kier molecular flexibility index (Phi) is 5.90. The van der Waals surface area contributed by atoms with Gasteiger partial charge in [0.05, 0.1) is 5.56 Å². The van der Waals surface area contributed by atoms with Gasteiger partial charge in [0, 0.05) is 62.2 Å². The van der Waals surface area contributed by atoms with Crippen LogP contribution in [0.4, 0.5) is 16.0 Å². The lowest BCUT2D eigenvalue weighted by atomic mass is 9.99. The molecule has 0 saturated heterocycles. The van der Waals surface area contributed by atoms with Gasteiger partial charge >= 0.3 is 0 Å². The highest BCUT2D eigenvalue weighted by Crippen LogP contribution is 2.43. The number of amides is 2. The summed E-state index contributed by atoms with van der Waals surface area (Å²) in [5.41, 5.74) is 0.395. The molecule has 2 aromatic heterocycles. The molecule has 190 valence electrons. The van der Waals surface area contributed by atoms with Gasteiger partial charge in [-0.05, 0) is 38.1 Å². The molecule has 10 nitrogen and oxygen atoms in total. The number of nitrogens with zero attached hydrogens (tertiary/aromatic N) is 4. The third kappa shape index (κ3) is 5.15. The van der Waals surface area contributed by atoms with E-state index in [9.17, 15) is 14.0 Å². The van der Waals surface area contributed by atoms with Crippen molar-refractivity contribution in [1.82, 2.24) is 19.6 Å². The van der Waals surface area contributed by atoms with Crippen molar-refractivity contribution < 1.29 is 23.5 Å². The van der Waals surface area contributed by atoms with E-state index in [-0.39, 0.29) is 11.3 Å². The van der Waals surface area contributed by atoms with E-state index in [2.05, 4.69) is 20.8 Å². The van der Waals surface area contributed by atoms with Crippen LogP contribution in [0.1, 0.15) is 40.1 Å². The molecule has 0 bridgehead atoms. The first-order valence-corrected chi connectivity index (χ1v) is 11.5. The minimum Gasteiger partial charge on any atom is -0.487 e. The molecular formula is C26H25FN6O4. The quantitative estimate of drug-likeness (QED) is 0.405. The highest BCUT2D eigenvalue weighted by molar-refractivity contribution is 6.05. The van der Waals surface area contributed by atoms with Crippen molar-refractivity contribution in [2.75, 3.05) is 10.6 Å². The number of aromatic nitrogens is 4. The lowest BCUT2D eigenvalue weighted by Crippen LogP contribution is -2.24. The van der Waals surface area contributed by atoms with Crippen LogP contribution in [0.2, 0.25) is 0 Å². The predicted octanol–water partition coefficient (Wildman–Crippen LogP) is 4.30. The molecule has 0 fully saturated rings. The zero-order chi connectivity index (χ0) is 26.3. The molecule has 2 aromatic carbocycles. The first kappa shape index (κ1) is 24.0. The van der Waals surface area contributed by atoms with Crippen LogP contribution in [0.25, 0.3) is 0 Å². The molecule has 2 N–H and O–H groups in total. The van der Waals surface area contributed by atoms with E-state index < -0.39 is 23.2 Å². The van der Waals surface area contributed by atoms with Gasteiger partial charge in [-0.2, -0.15) is 10.2 Å². The summed E-state index contributed by atoms with van der Waals surface area (Å²) in [4.78, 5) is 25.4. The molecule has 0 aliphatic carbocycles. The van der Waals surface area contributed by atoms with Crippen molar-refractivity contribution in [1.29, 1.82) is 0 Å². The van der Waals surface area contributed by atoms with Crippen LogP contribution in [0.5, 0.6) is 17.2 Å². The largest absolute Gasteiger partial charge is 0.487 e. The molecule has 11 heteroatoms. The van der Waals surface area contributed by atoms with Crippen molar-refractivity contribution in [3.63, 3.8) is 0 Å². The summed E-state index contributed by atoms with van der Waals surface area (Å²) >= 11 is 0. The number of hydrogen-bond acceptors (Lipinski definition) is 6. The van der Waals surface area contributed by atoms with Crippen molar-refractivity contribution in [2.45, 2.75) is 25.9 Å². The summed E-state index contributed by atoms with van der Waals surface area (Å²) in [6.45, 7) is 3.86. The molecule has 0 unspecified atom stereocenters. The number of anilines is 2. The smallest absolute Gasteiger partial charge is 0.259 e. The number of hydrogen-bond donors (Lipinski definition) is 2. The number of carbonyl (C=O) groups is 2. The summed E-state index contributed by atoms with van der Waals surface area (Å²) < 4.78 is 30.1. The maximum Gasteiger partial charge on any atom is 0.259 e. The lowest BCUT2D eigenvalue weighted by Gasteiger charge is -2.16. The predicted molar refractivity (Wildman–Crippen MR) is 134 cm³/mol.